The van der Waals surface area contributed by atoms with Gasteiger partial charge in [0.15, 0.2) is 0 Å². The van der Waals surface area contributed by atoms with Crippen molar-refractivity contribution in [3.8, 4) is 0 Å². The zero-order valence-corrected chi connectivity index (χ0v) is 18.1. The Kier molecular flexibility index (Phi) is 5.95. The van der Waals surface area contributed by atoms with E-state index in [1.165, 1.54) is 16.4 Å². The van der Waals surface area contributed by atoms with Gasteiger partial charge in [0, 0.05) is 29.7 Å². The molecule has 0 N–H and O–H groups in total. The lowest BCUT2D eigenvalue weighted by atomic mass is 9.90. The van der Waals surface area contributed by atoms with Crippen molar-refractivity contribution in [2.24, 2.45) is 5.92 Å². The largest absolute Gasteiger partial charge is 0.335 e. The Balaban J connectivity index is 1.75. The summed E-state index contributed by atoms with van der Waals surface area (Å²) in [7, 11) is -3.90. The maximum absolute atomic E-state index is 13.6. The number of hydrogen-bond donors (Lipinski definition) is 0. The van der Waals surface area contributed by atoms with Crippen LogP contribution in [0.5, 0.6) is 0 Å². The summed E-state index contributed by atoms with van der Waals surface area (Å²) >= 11 is 6.06. The molecular formula is C22H24ClN3O3S. The molecule has 2 saturated heterocycles. The lowest BCUT2D eigenvalue weighted by molar-refractivity contribution is -0.135. The standard InChI is InChI=1S/C22H24ClN3O3S/c1-2-16-14-25(15-18-8-3-4-12-24-18)22(27)21-11-6-10-20(16)26(21)30(28,29)19-9-5-7-17(23)13-19/h2-5,7-9,12-13,16,20-21H,1,6,10-11,14-15H2/t16-,20-,21?/m0/s1. The van der Waals surface area contributed by atoms with Gasteiger partial charge in [-0.15, -0.1) is 6.58 Å². The predicted molar refractivity (Wildman–Crippen MR) is 115 cm³/mol. The van der Waals surface area contributed by atoms with Crippen molar-refractivity contribution in [2.75, 3.05) is 6.54 Å². The molecule has 1 amide bonds. The average Bonchev–Trinajstić information content (AvgIpc) is 2.82. The van der Waals surface area contributed by atoms with E-state index in [9.17, 15) is 13.2 Å². The summed E-state index contributed by atoms with van der Waals surface area (Å²) in [4.78, 5) is 19.7. The lowest BCUT2D eigenvalue weighted by Gasteiger charge is -2.40. The number of amides is 1. The molecule has 2 aliphatic heterocycles. The first-order valence-corrected chi connectivity index (χ1v) is 11.8. The number of halogens is 1. The molecule has 30 heavy (non-hydrogen) atoms. The molecular weight excluding hydrogens is 422 g/mol. The fraction of sp³-hybridized carbons (Fsp3) is 0.364. The summed E-state index contributed by atoms with van der Waals surface area (Å²) in [6, 6.07) is 10.7. The predicted octanol–water partition coefficient (Wildman–Crippen LogP) is 3.49. The highest BCUT2D eigenvalue weighted by molar-refractivity contribution is 7.89. The number of piperidine rings is 1. The highest BCUT2D eigenvalue weighted by atomic mass is 35.5. The van der Waals surface area contributed by atoms with E-state index in [0.717, 1.165) is 12.1 Å². The fourth-order valence-electron chi connectivity index (χ4n) is 4.47. The molecule has 0 saturated carbocycles. The summed E-state index contributed by atoms with van der Waals surface area (Å²) in [6.07, 6.45) is 5.45. The lowest BCUT2D eigenvalue weighted by Crippen LogP contribution is -2.54. The molecule has 1 aromatic heterocycles. The quantitative estimate of drug-likeness (QED) is 0.660. The molecule has 0 aliphatic carbocycles. The second kappa shape index (κ2) is 8.49. The smallest absolute Gasteiger partial charge is 0.244 e. The monoisotopic (exact) mass is 445 g/mol. The van der Waals surface area contributed by atoms with E-state index in [4.69, 9.17) is 11.6 Å². The number of fused-ring (bicyclic) bond motifs is 2. The van der Waals surface area contributed by atoms with E-state index in [1.807, 2.05) is 18.2 Å². The minimum Gasteiger partial charge on any atom is -0.335 e. The first kappa shape index (κ1) is 21.0. The molecule has 1 aromatic carbocycles. The van der Waals surface area contributed by atoms with Crippen LogP contribution in [0.15, 0.2) is 66.2 Å². The minimum absolute atomic E-state index is 0.112. The first-order valence-electron chi connectivity index (χ1n) is 10.0. The van der Waals surface area contributed by atoms with Crippen molar-refractivity contribution in [2.45, 2.75) is 42.8 Å². The Morgan fingerprint density at radius 3 is 2.73 bits per heavy atom. The third-order valence-corrected chi connectivity index (χ3v) is 8.05. The Morgan fingerprint density at radius 1 is 1.20 bits per heavy atom. The van der Waals surface area contributed by atoms with Gasteiger partial charge >= 0.3 is 0 Å². The van der Waals surface area contributed by atoms with Gasteiger partial charge in [0.2, 0.25) is 15.9 Å². The molecule has 0 spiro atoms. The van der Waals surface area contributed by atoms with Crippen molar-refractivity contribution in [3.05, 3.63) is 72.0 Å². The normalized spacial score (nSPS) is 25.0. The zero-order valence-electron chi connectivity index (χ0n) is 16.5. The van der Waals surface area contributed by atoms with Crippen LogP contribution in [-0.2, 0) is 21.4 Å². The Hall–Kier alpha value is -2.22. The number of nitrogens with zero attached hydrogens (tertiary/aromatic N) is 3. The summed E-state index contributed by atoms with van der Waals surface area (Å²) in [5.74, 6) is -0.350. The SMILES string of the molecule is C=C[C@H]1CN(Cc2ccccn2)C(=O)C2CCC[C@@H]1N2S(=O)(=O)c1cccc(Cl)c1. The van der Waals surface area contributed by atoms with Gasteiger partial charge < -0.3 is 4.90 Å². The van der Waals surface area contributed by atoms with E-state index in [2.05, 4.69) is 11.6 Å². The van der Waals surface area contributed by atoms with Crippen molar-refractivity contribution in [1.29, 1.82) is 0 Å². The average molecular weight is 446 g/mol. The number of aromatic nitrogens is 1. The van der Waals surface area contributed by atoms with Crippen LogP contribution in [0.2, 0.25) is 5.02 Å². The van der Waals surface area contributed by atoms with E-state index < -0.39 is 16.1 Å². The molecule has 3 atom stereocenters. The summed E-state index contributed by atoms with van der Waals surface area (Å²) in [5, 5.41) is 0.347. The summed E-state index contributed by atoms with van der Waals surface area (Å²) in [5.41, 5.74) is 0.773. The van der Waals surface area contributed by atoms with E-state index in [1.54, 1.807) is 29.3 Å². The van der Waals surface area contributed by atoms with Gasteiger partial charge in [-0.3, -0.25) is 9.78 Å². The second-order valence-corrected chi connectivity index (χ2v) is 10.0. The molecule has 0 radical (unpaired) electrons. The maximum atomic E-state index is 13.6. The molecule has 2 aliphatic rings. The fourth-order valence-corrected chi connectivity index (χ4v) is 6.65. The molecule has 8 heteroatoms. The number of carbonyl (C=O) groups excluding carboxylic acids is 1. The Labute approximate surface area is 182 Å². The molecule has 158 valence electrons. The maximum Gasteiger partial charge on any atom is 0.244 e. The van der Waals surface area contributed by atoms with Gasteiger partial charge in [-0.25, -0.2) is 8.42 Å². The van der Waals surface area contributed by atoms with Crippen molar-refractivity contribution < 1.29 is 13.2 Å². The van der Waals surface area contributed by atoms with Crippen molar-refractivity contribution in [1.82, 2.24) is 14.2 Å². The minimum atomic E-state index is -3.90. The second-order valence-electron chi connectivity index (χ2n) is 7.75. The Bertz CT molecular complexity index is 1040. The van der Waals surface area contributed by atoms with Crippen LogP contribution in [0, 0.1) is 5.92 Å². The van der Waals surface area contributed by atoms with Gasteiger partial charge in [-0.05, 0) is 49.6 Å². The van der Waals surface area contributed by atoms with Gasteiger partial charge in [-0.2, -0.15) is 4.31 Å². The van der Waals surface area contributed by atoms with Crippen molar-refractivity contribution >= 4 is 27.5 Å². The van der Waals surface area contributed by atoms with Crippen LogP contribution in [0.1, 0.15) is 25.0 Å². The molecule has 6 nitrogen and oxygen atoms in total. The molecule has 4 rings (SSSR count). The first-order chi connectivity index (χ1) is 14.4. The molecule has 3 heterocycles. The number of sulfonamides is 1. The molecule has 2 aromatic rings. The van der Waals surface area contributed by atoms with Crippen LogP contribution in [0.4, 0.5) is 0 Å². The number of pyridine rings is 1. The van der Waals surface area contributed by atoms with Gasteiger partial charge in [0.05, 0.1) is 17.1 Å². The third kappa shape index (κ3) is 3.89. The molecule has 1 unspecified atom stereocenters. The van der Waals surface area contributed by atoms with E-state index in [-0.39, 0.29) is 22.8 Å². The van der Waals surface area contributed by atoms with Crippen LogP contribution in [0.25, 0.3) is 0 Å². The van der Waals surface area contributed by atoms with E-state index >= 15 is 0 Å². The van der Waals surface area contributed by atoms with Crippen LogP contribution in [-0.4, -0.2) is 47.1 Å². The number of benzene rings is 1. The van der Waals surface area contributed by atoms with Gasteiger partial charge in [0.1, 0.15) is 6.04 Å². The van der Waals surface area contributed by atoms with Gasteiger partial charge in [-0.1, -0.05) is 29.8 Å². The third-order valence-electron chi connectivity index (χ3n) is 5.89. The highest BCUT2D eigenvalue weighted by Crippen LogP contribution is 2.38. The summed E-state index contributed by atoms with van der Waals surface area (Å²) in [6.45, 7) is 4.71. The van der Waals surface area contributed by atoms with Crippen LogP contribution in [0.3, 0.4) is 0 Å². The van der Waals surface area contributed by atoms with Crippen LogP contribution < -0.4 is 0 Å². The number of hydrogen-bond acceptors (Lipinski definition) is 4. The number of rotatable bonds is 5. The van der Waals surface area contributed by atoms with Crippen molar-refractivity contribution in [3.63, 3.8) is 0 Å². The molecule has 2 fully saturated rings. The van der Waals surface area contributed by atoms with E-state index in [0.29, 0.717) is 31.0 Å². The topological polar surface area (TPSA) is 70.6 Å². The van der Waals surface area contributed by atoms with Gasteiger partial charge in [0.25, 0.3) is 0 Å². The Morgan fingerprint density at radius 2 is 2.03 bits per heavy atom. The van der Waals surface area contributed by atoms with Crippen LogP contribution >= 0.6 is 11.6 Å². The highest BCUT2D eigenvalue weighted by Gasteiger charge is 2.49. The summed E-state index contributed by atoms with van der Waals surface area (Å²) < 4.78 is 28.7. The zero-order chi connectivity index (χ0) is 21.3. The molecule has 2 bridgehead atoms. The number of carbonyl (C=O) groups is 1.